The molecule has 0 amide bonds. The summed E-state index contributed by atoms with van der Waals surface area (Å²) in [5, 5.41) is 40.3. The molecule has 6 aliphatic heterocycles. The SMILES string of the molecule is O=P1(C2(O)N(c3ccc(Cc4ccc(N5C(O)(P6(=O)Oc7ccccc7-c7ccccc76)N(C6CCCCC6)C5(NC5CCCCC5)P5(=O)Oc6ccccc6-c6ccccc65)cc4)cc3)C(NC3CCCCC3)(P3(=O)Oc4ccccc4-c4ccccc43)N2C2CCCCC2)Oc2ccccc2-c2ccccc21. The number of hydrogen-bond donors (Lipinski definition) is 4. The zero-order chi connectivity index (χ0) is 73.5. The van der Waals surface area contributed by atoms with Crippen LogP contribution in [0, 0.1) is 0 Å². The van der Waals surface area contributed by atoms with E-state index in [0.29, 0.717) is 98.8 Å². The van der Waals surface area contributed by atoms with Gasteiger partial charge in [-0.25, -0.2) is 0 Å². The standard InChI is InChI=1S/C89H90N6O10P4/c96-88(108(100)84-51-27-19-43-76(84)72-39-15-23-47-80(72)104-108)92(66-33-9-3-10-34-66)86(90-64-29-5-1-6-30-64,106(98)82-49-25-17-41-74(82)70-37-13-21-45-78(70)102-106)94(88)68-57-53-62(54-58-68)61-63-55-59-69(60-56-63)95-87(91-65-31-7-2-8-32-65,107(99)83-50-26-18-42-75(83)71-38-14-22-46-79(71)103-107)93(67-35-11-4-12-36-67)89(95,97)109(101)85-52-28-20-44-77(85)73-40-16-24-48-81(73)105-109/h13-28,37-60,64-67,90-91,96-97H,1-12,29-36,61H2. The van der Waals surface area contributed by atoms with E-state index < -0.39 is 63.8 Å². The van der Waals surface area contributed by atoms with Gasteiger partial charge in [0.1, 0.15) is 23.0 Å². The summed E-state index contributed by atoms with van der Waals surface area (Å²) in [6.45, 7) is 0. The van der Waals surface area contributed by atoms with Crippen molar-refractivity contribution in [2.75, 3.05) is 9.80 Å². The molecular weight excluding hydrogens is 1440 g/mol. The maximum Gasteiger partial charge on any atom is 0.345 e. The summed E-state index contributed by atoms with van der Waals surface area (Å²) in [5.41, 5.74) is 0.0692. The summed E-state index contributed by atoms with van der Waals surface area (Å²) in [7, 11) is -18.3. The van der Waals surface area contributed by atoms with Gasteiger partial charge in [0.25, 0.3) is 22.2 Å². The van der Waals surface area contributed by atoms with E-state index in [1.807, 2.05) is 252 Å². The third-order valence-electron chi connectivity index (χ3n) is 25.3. The van der Waals surface area contributed by atoms with Crippen LogP contribution in [0.25, 0.3) is 44.5 Å². The summed E-state index contributed by atoms with van der Waals surface area (Å²) < 4.78 is 101. The molecule has 556 valence electrons. The average molecular weight is 1530 g/mol. The van der Waals surface area contributed by atoms with Crippen LogP contribution in [0.15, 0.2) is 243 Å². The molecule has 10 aromatic rings. The number of aliphatic hydroxyl groups is 2. The summed E-state index contributed by atoms with van der Waals surface area (Å²) in [6, 6.07) is 76.1. The highest BCUT2D eigenvalue weighted by Crippen LogP contribution is 2.81. The van der Waals surface area contributed by atoms with Crippen molar-refractivity contribution in [2.24, 2.45) is 0 Å². The highest BCUT2D eigenvalue weighted by molar-refractivity contribution is 7.72. The first kappa shape index (κ1) is 69.8. The highest BCUT2D eigenvalue weighted by atomic mass is 31.2. The molecule has 6 fully saturated rings. The van der Waals surface area contributed by atoms with Crippen molar-refractivity contribution in [1.29, 1.82) is 0 Å². The fourth-order valence-corrected chi connectivity index (χ4v) is 33.1. The van der Waals surface area contributed by atoms with Crippen LogP contribution in [0.4, 0.5) is 11.4 Å². The van der Waals surface area contributed by atoms with Gasteiger partial charge in [0, 0.05) is 57.8 Å². The molecule has 0 aromatic heterocycles. The minimum atomic E-state index is -4.66. The van der Waals surface area contributed by atoms with Crippen LogP contribution in [0.1, 0.15) is 140 Å². The van der Waals surface area contributed by atoms with Gasteiger partial charge in [0.05, 0.1) is 21.2 Å². The second kappa shape index (κ2) is 26.7. The van der Waals surface area contributed by atoms with E-state index in [4.69, 9.17) is 18.1 Å². The topological polar surface area (TPSA) is 183 Å². The minimum Gasteiger partial charge on any atom is -0.436 e. The lowest BCUT2D eigenvalue weighted by Crippen LogP contribution is -2.94. The van der Waals surface area contributed by atoms with Crippen molar-refractivity contribution in [1.82, 2.24) is 20.4 Å². The van der Waals surface area contributed by atoms with Crippen molar-refractivity contribution in [2.45, 2.75) is 181 Å². The molecule has 10 aliphatic rings. The van der Waals surface area contributed by atoms with Gasteiger partial charge in [-0.2, -0.15) is 9.80 Å². The van der Waals surface area contributed by atoms with E-state index in [-0.39, 0.29) is 12.1 Å². The Labute approximate surface area is 637 Å². The van der Waals surface area contributed by atoms with Crippen LogP contribution < -0.4 is 59.7 Å². The molecule has 20 heteroatoms. The Morgan fingerprint density at radius 1 is 0.303 bits per heavy atom. The summed E-state index contributed by atoms with van der Waals surface area (Å²) in [4.78, 5) is 7.43. The predicted molar refractivity (Wildman–Crippen MR) is 432 cm³/mol. The Morgan fingerprint density at radius 2 is 0.550 bits per heavy atom. The number of nitrogens with zero attached hydrogens (tertiary/aromatic N) is 4. The molecule has 0 bridgehead atoms. The number of anilines is 2. The number of para-hydroxylation sites is 4. The molecule has 2 saturated heterocycles. The molecule has 8 atom stereocenters. The fraction of sp³-hybridized carbons (Fsp3) is 0.326. The van der Waals surface area contributed by atoms with Gasteiger partial charge in [-0.05, 0) is 164 Å². The number of rotatable bonds is 14. The third kappa shape index (κ3) is 10.2. The maximum atomic E-state index is 18.2. The molecule has 6 heterocycles. The van der Waals surface area contributed by atoms with Gasteiger partial charge < -0.3 is 28.3 Å². The predicted octanol–water partition coefficient (Wildman–Crippen LogP) is 19.1. The summed E-state index contributed by atoms with van der Waals surface area (Å²) in [5.74, 6) is 1.68. The lowest BCUT2D eigenvalue weighted by Gasteiger charge is -2.74. The van der Waals surface area contributed by atoms with Crippen LogP contribution in [-0.2, 0) is 24.7 Å². The zero-order valence-electron chi connectivity index (χ0n) is 61.0. The van der Waals surface area contributed by atoms with Crippen LogP contribution in [0.3, 0.4) is 0 Å². The largest absolute Gasteiger partial charge is 0.436 e. The van der Waals surface area contributed by atoms with Crippen LogP contribution in [0.2, 0.25) is 0 Å². The van der Waals surface area contributed by atoms with Gasteiger partial charge in [0.2, 0.25) is 0 Å². The Balaban J connectivity index is 0.752. The summed E-state index contributed by atoms with van der Waals surface area (Å²) in [6.07, 6.45) is 17.3. The number of benzene rings is 10. The van der Waals surface area contributed by atoms with E-state index >= 15 is 28.5 Å². The second-order valence-corrected chi connectivity index (χ2v) is 41.1. The molecule has 4 saturated carbocycles. The summed E-state index contributed by atoms with van der Waals surface area (Å²) >= 11 is 0. The normalized spacial score (nSPS) is 29.4. The first-order valence-corrected chi connectivity index (χ1v) is 46.1. The molecule has 10 aromatic carbocycles. The monoisotopic (exact) mass is 1530 g/mol. The lowest BCUT2D eigenvalue weighted by atomic mass is 9.92. The molecule has 4 N–H and O–H groups in total. The van der Waals surface area contributed by atoms with Crippen LogP contribution >= 0.6 is 29.5 Å². The molecule has 16 nitrogen and oxygen atoms in total. The van der Waals surface area contributed by atoms with Gasteiger partial charge in [-0.1, -0.05) is 247 Å². The first-order chi connectivity index (χ1) is 53.2. The molecule has 4 aliphatic carbocycles. The van der Waals surface area contributed by atoms with Crippen LogP contribution in [-0.4, -0.2) is 66.4 Å². The molecule has 20 rings (SSSR count). The van der Waals surface area contributed by atoms with E-state index in [1.165, 1.54) is 0 Å². The van der Waals surface area contributed by atoms with Crippen molar-refractivity contribution in [3.8, 4) is 67.5 Å². The Bertz CT molecular complexity index is 5100. The first-order valence-electron chi connectivity index (χ1n) is 39.6. The molecule has 0 radical (unpaired) electrons. The van der Waals surface area contributed by atoms with E-state index in [1.54, 1.807) is 9.80 Å². The van der Waals surface area contributed by atoms with Crippen molar-refractivity contribution < 1.29 is 46.6 Å². The number of nitrogens with one attached hydrogen (secondary N) is 2. The van der Waals surface area contributed by atoms with Gasteiger partial charge in [0.15, 0.2) is 0 Å². The lowest BCUT2D eigenvalue weighted by molar-refractivity contribution is -0.215. The number of fused-ring (bicyclic) bond motifs is 12. The highest BCUT2D eigenvalue weighted by Gasteiger charge is 2.87. The molecule has 8 unspecified atom stereocenters. The average Bonchev–Trinajstić information content (AvgIpc) is 0.640. The van der Waals surface area contributed by atoms with Gasteiger partial charge >= 0.3 is 29.5 Å². The van der Waals surface area contributed by atoms with E-state index in [0.717, 1.165) is 147 Å². The smallest absolute Gasteiger partial charge is 0.345 e. The molecular formula is C89H90N6O10P4. The molecule has 109 heavy (non-hydrogen) atoms. The van der Waals surface area contributed by atoms with Crippen molar-refractivity contribution >= 4 is 62.1 Å². The fourth-order valence-electron chi connectivity index (χ4n) is 20.5. The maximum absolute atomic E-state index is 18.2. The Kier molecular flexibility index (Phi) is 17.1. The molecule has 0 spiro atoms. The second-order valence-electron chi connectivity index (χ2n) is 31.6. The Morgan fingerprint density at radius 3 is 0.853 bits per heavy atom. The van der Waals surface area contributed by atoms with Gasteiger partial charge in [-0.3, -0.25) is 38.7 Å². The quantitative estimate of drug-likeness (QED) is 0.0754. The van der Waals surface area contributed by atoms with E-state index in [9.17, 15) is 0 Å². The number of hydrogen-bond acceptors (Lipinski definition) is 16. The zero-order valence-corrected chi connectivity index (χ0v) is 64.6. The van der Waals surface area contributed by atoms with Crippen molar-refractivity contribution in [3.05, 3.63) is 254 Å². The minimum absolute atomic E-state index is 0.183. The van der Waals surface area contributed by atoms with E-state index in [2.05, 4.69) is 10.6 Å². The Hall–Kier alpha value is -8.32. The third-order valence-corrected chi connectivity index (χ3v) is 36.4. The van der Waals surface area contributed by atoms with Crippen LogP contribution in [0.5, 0.6) is 23.0 Å². The van der Waals surface area contributed by atoms with Gasteiger partial charge in [-0.15, -0.1) is 0 Å². The van der Waals surface area contributed by atoms with Crippen molar-refractivity contribution in [3.63, 3.8) is 0 Å².